The number of hydrogen-bond donors (Lipinski definition) is 2. The Bertz CT molecular complexity index is 425. The molecule has 0 aromatic heterocycles. The number of nitrogens with one attached hydrogen (secondary N) is 2. The number of guanidine groups is 1. The summed E-state index contributed by atoms with van der Waals surface area (Å²) in [6, 6.07) is 10.9. The van der Waals surface area contributed by atoms with E-state index < -0.39 is 0 Å². The molecule has 1 aliphatic rings. The average Bonchev–Trinajstić information content (AvgIpc) is 3.31. The number of para-hydroxylation sites is 1. The predicted octanol–water partition coefficient (Wildman–Crippen LogP) is 2.09. The molecule has 4 nitrogen and oxygen atoms in total. The summed E-state index contributed by atoms with van der Waals surface area (Å²) in [6.07, 6.45) is 2.72. The predicted molar refractivity (Wildman–Crippen MR) is 86.4 cm³/mol. The largest absolute Gasteiger partial charge is 0.370 e. The summed E-state index contributed by atoms with van der Waals surface area (Å²) < 4.78 is 0. The van der Waals surface area contributed by atoms with Crippen LogP contribution in [0.25, 0.3) is 0 Å². The van der Waals surface area contributed by atoms with Gasteiger partial charge >= 0.3 is 0 Å². The quantitative estimate of drug-likeness (QED) is 0.616. The summed E-state index contributed by atoms with van der Waals surface area (Å²) in [6.45, 7) is 4.13. The van der Waals surface area contributed by atoms with Crippen LogP contribution in [0.3, 0.4) is 0 Å². The van der Waals surface area contributed by atoms with Crippen LogP contribution >= 0.6 is 0 Å². The molecule has 0 aliphatic heterocycles. The van der Waals surface area contributed by atoms with Gasteiger partial charge in [-0.05, 0) is 37.8 Å². The first-order valence-electron chi connectivity index (χ1n) is 7.43. The molecule has 0 radical (unpaired) electrons. The van der Waals surface area contributed by atoms with Crippen molar-refractivity contribution in [2.45, 2.75) is 25.8 Å². The number of rotatable bonds is 6. The van der Waals surface area contributed by atoms with E-state index in [1.165, 1.54) is 18.5 Å². The van der Waals surface area contributed by atoms with Crippen LogP contribution in [-0.4, -0.2) is 39.2 Å². The van der Waals surface area contributed by atoms with Crippen molar-refractivity contribution in [1.29, 1.82) is 0 Å². The second-order valence-electron chi connectivity index (χ2n) is 5.57. The monoisotopic (exact) mass is 274 g/mol. The zero-order valence-electron chi connectivity index (χ0n) is 12.8. The summed E-state index contributed by atoms with van der Waals surface area (Å²) in [5.74, 6) is 1.77. The fraction of sp³-hybridized carbons (Fsp3) is 0.562. The van der Waals surface area contributed by atoms with Crippen LogP contribution in [-0.2, 0) is 0 Å². The Morgan fingerprint density at radius 2 is 2.00 bits per heavy atom. The molecule has 2 N–H and O–H groups in total. The van der Waals surface area contributed by atoms with Crippen molar-refractivity contribution >= 4 is 11.6 Å². The number of likely N-dealkylation sites (N-methyl/N-ethyl adjacent to an activating group) is 1. The van der Waals surface area contributed by atoms with Gasteiger partial charge in [0.1, 0.15) is 0 Å². The summed E-state index contributed by atoms with van der Waals surface area (Å²) in [5, 5.41) is 6.79. The third-order valence-electron chi connectivity index (χ3n) is 3.87. The summed E-state index contributed by atoms with van der Waals surface area (Å²) in [4.78, 5) is 6.55. The Labute approximate surface area is 122 Å². The molecule has 4 heteroatoms. The highest BCUT2D eigenvalue weighted by atomic mass is 15.2. The van der Waals surface area contributed by atoms with E-state index >= 15 is 0 Å². The molecular formula is C16H26N4. The fourth-order valence-electron chi connectivity index (χ4n) is 2.08. The topological polar surface area (TPSA) is 39.7 Å². The second kappa shape index (κ2) is 7.17. The minimum absolute atomic E-state index is 0.400. The Hall–Kier alpha value is -1.71. The van der Waals surface area contributed by atoms with Crippen molar-refractivity contribution in [2.75, 3.05) is 32.1 Å². The molecule has 1 saturated carbocycles. The smallest absolute Gasteiger partial charge is 0.191 e. The van der Waals surface area contributed by atoms with Crippen molar-refractivity contribution in [3.63, 3.8) is 0 Å². The van der Waals surface area contributed by atoms with E-state index in [9.17, 15) is 0 Å². The Kier molecular flexibility index (Phi) is 5.27. The Morgan fingerprint density at radius 3 is 2.60 bits per heavy atom. The molecule has 1 aromatic rings. The SMILES string of the molecule is CN=C(NCC1CC1)NCC(C)N(C)c1ccccc1. The highest BCUT2D eigenvalue weighted by Crippen LogP contribution is 2.27. The molecule has 1 fully saturated rings. The van der Waals surface area contributed by atoms with Gasteiger partial charge < -0.3 is 15.5 Å². The molecule has 110 valence electrons. The summed E-state index contributed by atoms with van der Waals surface area (Å²) >= 11 is 0. The van der Waals surface area contributed by atoms with Gasteiger partial charge in [0, 0.05) is 38.9 Å². The van der Waals surface area contributed by atoms with Gasteiger partial charge in [0.05, 0.1) is 0 Å². The van der Waals surface area contributed by atoms with Crippen LogP contribution < -0.4 is 15.5 Å². The van der Waals surface area contributed by atoms with Crippen LogP contribution in [0.15, 0.2) is 35.3 Å². The zero-order chi connectivity index (χ0) is 14.4. The lowest BCUT2D eigenvalue weighted by Crippen LogP contribution is -2.45. The van der Waals surface area contributed by atoms with Crippen molar-refractivity contribution < 1.29 is 0 Å². The van der Waals surface area contributed by atoms with Crippen LogP contribution in [0.1, 0.15) is 19.8 Å². The number of benzene rings is 1. The maximum atomic E-state index is 4.27. The maximum Gasteiger partial charge on any atom is 0.191 e. The molecule has 0 spiro atoms. The lowest BCUT2D eigenvalue weighted by atomic mass is 10.2. The highest BCUT2D eigenvalue weighted by molar-refractivity contribution is 5.79. The average molecular weight is 274 g/mol. The van der Waals surface area contributed by atoms with E-state index in [1.54, 1.807) is 0 Å². The molecule has 0 heterocycles. The van der Waals surface area contributed by atoms with Crippen LogP contribution in [0.2, 0.25) is 0 Å². The van der Waals surface area contributed by atoms with Crippen LogP contribution in [0, 0.1) is 5.92 Å². The lowest BCUT2D eigenvalue weighted by molar-refractivity contribution is 0.644. The minimum Gasteiger partial charge on any atom is -0.370 e. The van der Waals surface area contributed by atoms with E-state index in [0.29, 0.717) is 6.04 Å². The molecule has 1 unspecified atom stereocenters. The first-order chi connectivity index (χ1) is 9.70. The zero-order valence-corrected chi connectivity index (χ0v) is 12.8. The number of aliphatic imine (C=N–C) groups is 1. The van der Waals surface area contributed by atoms with Crippen LogP contribution in [0.5, 0.6) is 0 Å². The van der Waals surface area contributed by atoms with Crippen LogP contribution in [0.4, 0.5) is 5.69 Å². The Balaban J connectivity index is 1.76. The van der Waals surface area contributed by atoms with E-state index in [4.69, 9.17) is 0 Å². The van der Waals surface area contributed by atoms with Gasteiger partial charge in [-0.15, -0.1) is 0 Å². The number of nitrogens with zero attached hydrogens (tertiary/aromatic N) is 2. The van der Waals surface area contributed by atoms with Gasteiger partial charge in [-0.2, -0.15) is 0 Å². The fourth-order valence-corrected chi connectivity index (χ4v) is 2.08. The van der Waals surface area contributed by atoms with Gasteiger partial charge in [0.15, 0.2) is 5.96 Å². The molecule has 1 atom stereocenters. The molecule has 20 heavy (non-hydrogen) atoms. The first-order valence-corrected chi connectivity index (χ1v) is 7.43. The third-order valence-corrected chi connectivity index (χ3v) is 3.87. The molecule has 0 bridgehead atoms. The molecule has 1 aliphatic carbocycles. The van der Waals surface area contributed by atoms with E-state index in [1.807, 2.05) is 13.1 Å². The third kappa shape index (κ3) is 4.44. The van der Waals surface area contributed by atoms with Gasteiger partial charge in [-0.1, -0.05) is 18.2 Å². The minimum atomic E-state index is 0.400. The second-order valence-corrected chi connectivity index (χ2v) is 5.57. The molecular weight excluding hydrogens is 248 g/mol. The van der Waals surface area contributed by atoms with Crippen molar-refractivity contribution in [3.05, 3.63) is 30.3 Å². The van der Waals surface area contributed by atoms with Crippen molar-refractivity contribution in [2.24, 2.45) is 10.9 Å². The highest BCUT2D eigenvalue weighted by Gasteiger charge is 2.21. The van der Waals surface area contributed by atoms with Gasteiger partial charge in [-0.25, -0.2) is 0 Å². The molecule has 0 saturated heterocycles. The summed E-state index contributed by atoms with van der Waals surface area (Å²) in [7, 11) is 3.95. The standard InChI is InChI=1S/C16H26N4/c1-13(20(3)15-7-5-4-6-8-15)11-18-16(17-2)19-12-14-9-10-14/h4-8,13-14H,9-12H2,1-3H3,(H2,17,18,19). The van der Waals surface area contributed by atoms with E-state index in [-0.39, 0.29) is 0 Å². The first kappa shape index (κ1) is 14.7. The lowest BCUT2D eigenvalue weighted by Gasteiger charge is -2.27. The number of anilines is 1. The van der Waals surface area contributed by atoms with Gasteiger partial charge in [0.25, 0.3) is 0 Å². The van der Waals surface area contributed by atoms with Crippen molar-refractivity contribution in [1.82, 2.24) is 10.6 Å². The van der Waals surface area contributed by atoms with Gasteiger partial charge in [-0.3, -0.25) is 4.99 Å². The van der Waals surface area contributed by atoms with E-state index in [2.05, 4.69) is 58.8 Å². The number of hydrogen-bond acceptors (Lipinski definition) is 2. The molecule has 0 amide bonds. The maximum absolute atomic E-state index is 4.27. The van der Waals surface area contributed by atoms with Gasteiger partial charge in [0.2, 0.25) is 0 Å². The Morgan fingerprint density at radius 1 is 1.30 bits per heavy atom. The normalized spacial score (nSPS) is 16.6. The van der Waals surface area contributed by atoms with E-state index in [0.717, 1.165) is 25.0 Å². The molecule has 2 rings (SSSR count). The summed E-state index contributed by atoms with van der Waals surface area (Å²) in [5.41, 5.74) is 1.24. The molecule has 1 aromatic carbocycles. The van der Waals surface area contributed by atoms with Crippen molar-refractivity contribution in [3.8, 4) is 0 Å².